The Balaban J connectivity index is 2.30. The zero-order valence-electron chi connectivity index (χ0n) is 6.83. The first-order valence-electron chi connectivity index (χ1n) is 4.15. The summed E-state index contributed by atoms with van der Waals surface area (Å²) < 4.78 is 0. The Morgan fingerprint density at radius 2 is 1.75 bits per heavy atom. The zero-order chi connectivity index (χ0) is 8.55. The predicted octanol–water partition coefficient (Wildman–Crippen LogP) is 0.909. The highest BCUT2D eigenvalue weighted by Gasteiger charge is 2.22. The van der Waals surface area contributed by atoms with Crippen molar-refractivity contribution in [1.82, 2.24) is 9.97 Å². The Kier molecular flexibility index (Phi) is 1.60. The van der Waals surface area contributed by atoms with Gasteiger partial charge in [-0.1, -0.05) is 6.42 Å². The van der Waals surface area contributed by atoms with E-state index in [0.717, 1.165) is 5.82 Å². The third-order valence-electron chi connectivity index (χ3n) is 2.25. The Hall–Kier alpha value is -1.32. The van der Waals surface area contributed by atoms with Crippen molar-refractivity contribution in [3.63, 3.8) is 0 Å². The Bertz CT molecular complexity index is 273. The van der Waals surface area contributed by atoms with Gasteiger partial charge in [-0.05, 0) is 12.8 Å². The normalized spacial score (nSPS) is 17.3. The van der Waals surface area contributed by atoms with Crippen LogP contribution in [-0.2, 0) is 0 Å². The number of hydrogen-bond acceptors (Lipinski definition) is 4. The molecule has 0 radical (unpaired) electrons. The number of nitrogen functional groups attached to an aromatic ring is 2. The molecule has 4 heteroatoms. The van der Waals surface area contributed by atoms with Crippen LogP contribution in [0.25, 0.3) is 0 Å². The summed E-state index contributed by atoms with van der Waals surface area (Å²) in [4.78, 5) is 8.29. The van der Waals surface area contributed by atoms with Gasteiger partial charge in [-0.15, -0.1) is 0 Å². The van der Waals surface area contributed by atoms with Crippen molar-refractivity contribution in [3.05, 3.63) is 11.9 Å². The van der Waals surface area contributed by atoms with E-state index in [1.807, 2.05) is 0 Å². The summed E-state index contributed by atoms with van der Waals surface area (Å²) in [7, 11) is 0. The van der Waals surface area contributed by atoms with Gasteiger partial charge in [0.2, 0.25) is 0 Å². The van der Waals surface area contributed by atoms with Gasteiger partial charge in [0.25, 0.3) is 0 Å². The van der Waals surface area contributed by atoms with E-state index in [-0.39, 0.29) is 0 Å². The summed E-state index contributed by atoms with van der Waals surface area (Å²) in [5.41, 5.74) is 11.1. The van der Waals surface area contributed by atoms with Crippen molar-refractivity contribution >= 4 is 11.6 Å². The molecule has 1 aliphatic carbocycles. The lowest BCUT2D eigenvalue weighted by Gasteiger charge is -2.23. The van der Waals surface area contributed by atoms with Crippen molar-refractivity contribution in [1.29, 1.82) is 0 Å². The van der Waals surface area contributed by atoms with Gasteiger partial charge in [0.1, 0.15) is 17.5 Å². The topological polar surface area (TPSA) is 77.8 Å². The molecule has 0 spiro atoms. The number of aromatic nitrogens is 2. The third kappa shape index (κ3) is 1.20. The van der Waals surface area contributed by atoms with E-state index in [1.165, 1.54) is 19.3 Å². The zero-order valence-corrected chi connectivity index (χ0v) is 6.83. The molecule has 0 amide bonds. The number of rotatable bonds is 1. The van der Waals surface area contributed by atoms with E-state index in [4.69, 9.17) is 11.5 Å². The summed E-state index contributed by atoms with van der Waals surface area (Å²) in [6, 6.07) is 1.59. The first-order valence-corrected chi connectivity index (χ1v) is 4.15. The highest BCUT2D eigenvalue weighted by Crippen LogP contribution is 2.34. The second-order valence-electron chi connectivity index (χ2n) is 3.20. The number of hydrogen-bond donors (Lipinski definition) is 2. The van der Waals surface area contributed by atoms with Crippen LogP contribution in [-0.4, -0.2) is 9.97 Å². The molecule has 4 N–H and O–H groups in total. The van der Waals surface area contributed by atoms with Crippen molar-refractivity contribution < 1.29 is 0 Å². The van der Waals surface area contributed by atoms with E-state index >= 15 is 0 Å². The van der Waals surface area contributed by atoms with Crippen LogP contribution in [0.1, 0.15) is 31.0 Å². The highest BCUT2D eigenvalue weighted by atomic mass is 15.0. The van der Waals surface area contributed by atoms with E-state index in [0.29, 0.717) is 17.6 Å². The highest BCUT2D eigenvalue weighted by molar-refractivity contribution is 5.41. The molecule has 4 nitrogen and oxygen atoms in total. The van der Waals surface area contributed by atoms with Crippen molar-refractivity contribution in [2.24, 2.45) is 0 Å². The summed E-state index contributed by atoms with van der Waals surface area (Å²) in [5, 5.41) is 0. The van der Waals surface area contributed by atoms with Gasteiger partial charge < -0.3 is 11.5 Å². The van der Waals surface area contributed by atoms with E-state index in [1.54, 1.807) is 6.07 Å². The lowest BCUT2D eigenvalue weighted by atomic mass is 9.85. The van der Waals surface area contributed by atoms with Gasteiger partial charge in [-0.25, -0.2) is 9.97 Å². The largest absolute Gasteiger partial charge is 0.384 e. The first-order chi connectivity index (χ1) is 5.75. The molecule has 0 bridgehead atoms. The number of nitrogens with two attached hydrogens (primary N) is 2. The molecule has 64 valence electrons. The molecule has 0 aliphatic heterocycles. The Labute approximate surface area is 71.0 Å². The van der Waals surface area contributed by atoms with Gasteiger partial charge in [0.15, 0.2) is 0 Å². The lowest BCUT2D eigenvalue weighted by molar-refractivity contribution is 0.402. The average Bonchev–Trinajstić information content (AvgIpc) is 1.79. The van der Waals surface area contributed by atoms with Gasteiger partial charge in [0.05, 0.1) is 0 Å². The van der Waals surface area contributed by atoms with Crippen molar-refractivity contribution in [2.45, 2.75) is 25.2 Å². The maximum Gasteiger partial charge on any atom is 0.136 e. The molecule has 1 aromatic rings. The molecule has 1 aromatic heterocycles. The number of anilines is 2. The van der Waals surface area contributed by atoms with Crippen LogP contribution in [0.4, 0.5) is 11.6 Å². The van der Waals surface area contributed by atoms with Crippen molar-refractivity contribution in [3.8, 4) is 0 Å². The molecule has 0 atom stereocenters. The summed E-state index contributed by atoms with van der Waals surface area (Å²) >= 11 is 0. The van der Waals surface area contributed by atoms with Crippen LogP contribution in [0.2, 0.25) is 0 Å². The van der Waals surface area contributed by atoms with Crippen LogP contribution in [0.5, 0.6) is 0 Å². The molecule has 0 saturated heterocycles. The molecule has 1 heterocycles. The monoisotopic (exact) mass is 164 g/mol. The first kappa shape index (κ1) is 7.34. The molecule has 1 fully saturated rings. The lowest BCUT2D eigenvalue weighted by Crippen LogP contribution is -2.14. The molecule has 2 rings (SSSR count). The molecular weight excluding hydrogens is 152 g/mol. The minimum atomic E-state index is 0.476. The fraction of sp³-hybridized carbons (Fsp3) is 0.500. The smallest absolute Gasteiger partial charge is 0.136 e. The van der Waals surface area contributed by atoms with Crippen LogP contribution < -0.4 is 11.5 Å². The van der Waals surface area contributed by atoms with Gasteiger partial charge in [-0.3, -0.25) is 0 Å². The molecule has 1 saturated carbocycles. The van der Waals surface area contributed by atoms with Gasteiger partial charge in [-0.2, -0.15) is 0 Å². The minimum Gasteiger partial charge on any atom is -0.384 e. The van der Waals surface area contributed by atoms with Gasteiger partial charge >= 0.3 is 0 Å². The molecular formula is C8H12N4. The number of nitrogens with zero attached hydrogens (tertiary/aromatic N) is 2. The SMILES string of the molecule is Nc1cc(N)nc(C2CCC2)n1. The second kappa shape index (κ2) is 2.62. The fourth-order valence-corrected chi connectivity index (χ4v) is 1.35. The summed E-state index contributed by atoms with van der Waals surface area (Å²) in [5.74, 6) is 2.27. The minimum absolute atomic E-state index is 0.476. The van der Waals surface area contributed by atoms with Crippen LogP contribution in [0.3, 0.4) is 0 Å². The van der Waals surface area contributed by atoms with Crippen molar-refractivity contribution in [2.75, 3.05) is 11.5 Å². The maximum atomic E-state index is 5.54. The van der Waals surface area contributed by atoms with Gasteiger partial charge in [0, 0.05) is 12.0 Å². The van der Waals surface area contributed by atoms with Crippen LogP contribution in [0, 0.1) is 0 Å². The molecule has 1 aliphatic rings. The average molecular weight is 164 g/mol. The molecule has 0 aromatic carbocycles. The fourth-order valence-electron chi connectivity index (χ4n) is 1.35. The van der Waals surface area contributed by atoms with E-state index in [2.05, 4.69) is 9.97 Å². The van der Waals surface area contributed by atoms with Crippen LogP contribution in [0.15, 0.2) is 6.07 Å². The Morgan fingerprint density at radius 1 is 1.17 bits per heavy atom. The predicted molar refractivity (Wildman–Crippen MR) is 47.4 cm³/mol. The summed E-state index contributed by atoms with van der Waals surface area (Å²) in [6.07, 6.45) is 3.61. The quantitative estimate of drug-likeness (QED) is 0.646. The molecule has 0 unspecified atom stereocenters. The second-order valence-corrected chi connectivity index (χ2v) is 3.20. The summed E-state index contributed by atoms with van der Waals surface area (Å²) in [6.45, 7) is 0. The van der Waals surface area contributed by atoms with E-state index < -0.39 is 0 Å². The standard InChI is InChI=1S/C8H12N4/c9-6-4-7(10)12-8(11-6)5-2-1-3-5/h4-5H,1-3H2,(H4,9,10,11,12). The van der Waals surface area contributed by atoms with E-state index in [9.17, 15) is 0 Å². The Morgan fingerprint density at radius 3 is 2.17 bits per heavy atom. The third-order valence-corrected chi connectivity index (χ3v) is 2.25. The maximum absolute atomic E-state index is 5.54. The van der Waals surface area contributed by atoms with Crippen LogP contribution >= 0.6 is 0 Å². The molecule has 12 heavy (non-hydrogen) atoms.